The molecule has 2 atom stereocenters. The van der Waals surface area contributed by atoms with E-state index in [0.29, 0.717) is 19.7 Å². The normalized spacial score (nSPS) is 30.7. The molecule has 2 aliphatic heterocycles. The van der Waals surface area contributed by atoms with Crippen molar-refractivity contribution in [3.63, 3.8) is 0 Å². The first kappa shape index (κ1) is 13.9. The van der Waals surface area contributed by atoms with E-state index in [9.17, 15) is 4.79 Å². The summed E-state index contributed by atoms with van der Waals surface area (Å²) >= 11 is 1.77. The maximum Gasteiger partial charge on any atom is 0.240 e. The van der Waals surface area contributed by atoms with Gasteiger partial charge in [-0.15, -0.1) is 11.8 Å². The molecule has 0 radical (unpaired) electrons. The first-order chi connectivity index (χ1) is 9.58. The molecule has 1 aromatic heterocycles. The van der Waals surface area contributed by atoms with E-state index in [1.165, 1.54) is 0 Å². The van der Waals surface area contributed by atoms with Gasteiger partial charge in [0.05, 0.1) is 25.4 Å². The Morgan fingerprint density at radius 1 is 1.65 bits per heavy atom. The van der Waals surface area contributed by atoms with Crippen LogP contribution in [-0.2, 0) is 22.2 Å². The van der Waals surface area contributed by atoms with Gasteiger partial charge in [-0.05, 0) is 6.92 Å². The van der Waals surface area contributed by atoms with E-state index >= 15 is 0 Å². The largest absolute Gasteiger partial charge is 0.367 e. The molecule has 0 aliphatic carbocycles. The zero-order chi connectivity index (χ0) is 14.2. The van der Waals surface area contributed by atoms with Crippen LogP contribution < -0.4 is 5.32 Å². The average molecular weight is 296 g/mol. The number of carbonyl (C=O) groups is 1. The average Bonchev–Trinajstić information content (AvgIpc) is 3.09. The van der Waals surface area contributed by atoms with E-state index in [0.717, 1.165) is 17.2 Å². The zero-order valence-corrected chi connectivity index (χ0v) is 12.7. The van der Waals surface area contributed by atoms with Crippen LogP contribution in [0, 0.1) is 0 Å². The fourth-order valence-electron chi connectivity index (χ4n) is 2.70. The van der Waals surface area contributed by atoms with Crippen molar-refractivity contribution >= 4 is 17.7 Å². The Kier molecular flexibility index (Phi) is 3.74. The van der Waals surface area contributed by atoms with Gasteiger partial charge in [0.25, 0.3) is 0 Å². The summed E-state index contributed by atoms with van der Waals surface area (Å²) in [7, 11) is 1.89. The summed E-state index contributed by atoms with van der Waals surface area (Å²) in [6.45, 7) is 3.84. The molecule has 3 rings (SSSR count). The number of thioether (sulfide) groups is 1. The van der Waals surface area contributed by atoms with Gasteiger partial charge >= 0.3 is 0 Å². The molecule has 110 valence electrons. The highest BCUT2D eigenvalue weighted by atomic mass is 32.2. The molecule has 6 nitrogen and oxygen atoms in total. The second-order valence-corrected chi connectivity index (χ2v) is 6.54. The molecule has 1 aromatic rings. The van der Waals surface area contributed by atoms with Crippen molar-refractivity contribution in [3.8, 4) is 0 Å². The molecule has 3 heterocycles. The number of morpholine rings is 1. The third-order valence-corrected chi connectivity index (χ3v) is 4.86. The summed E-state index contributed by atoms with van der Waals surface area (Å²) in [6.07, 6.45) is 3.77. The highest BCUT2D eigenvalue weighted by Gasteiger charge is 2.38. The number of aromatic nitrogens is 2. The Balaban J connectivity index is 1.74. The molecule has 20 heavy (non-hydrogen) atoms. The van der Waals surface area contributed by atoms with E-state index in [1.807, 2.05) is 31.3 Å². The van der Waals surface area contributed by atoms with Gasteiger partial charge in [-0.3, -0.25) is 14.8 Å². The number of nitrogens with one attached hydrogen (secondary N) is 1. The highest BCUT2D eigenvalue weighted by molar-refractivity contribution is 7.99. The second-order valence-electron chi connectivity index (χ2n) is 5.51. The third kappa shape index (κ3) is 2.57. The molecule has 2 aliphatic rings. The Hall–Kier alpha value is -1.05. The molecule has 1 amide bonds. The van der Waals surface area contributed by atoms with Gasteiger partial charge in [0, 0.05) is 37.0 Å². The fourth-order valence-corrected chi connectivity index (χ4v) is 3.63. The topological polar surface area (TPSA) is 59.4 Å². The maximum atomic E-state index is 12.5. The molecule has 0 aromatic carbocycles. The monoisotopic (exact) mass is 296 g/mol. The van der Waals surface area contributed by atoms with Crippen molar-refractivity contribution in [1.82, 2.24) is 20.0 Å². The highest BCUT2D eigenvalue weighted by Crippen LogP contribution is 2.29. The van der Waals surface area contributed by atoms with Gasteiger partial charge in [-0.1, -0.05) is 0 Å². The third-order valence-electron chi connectivity index (χ3n) is 3.92. The lowest BCUT2D eigenvalue weighted by molar-refractivity contribution is -0.151. The van der Waals surface area contributed by atoms with Crippen LogP contribution in [0.4, 0.5) is 0 Å². The van der Waals surface area contributed by atoms with Crippen LogP contribution in [-0.4, -0.2) is 58.0 Å². The number of nitrogens with zero attached hydrogens (tertiary/aromatic N) is 3. The molecule has 2 fully saturated rings. The van der Waals surface area contributed by atoms with Crippen LogP contribution in [0.15, 0.2) is 12.4 Å². The van der Waals surface area contributed by atoms with E-state index < -0.39 is 5.60 Å². The van der Waals surface area contributed by atoms with E-state index in [2.05, 4.69) is 10.4 Å². The van der Waals surface area contributed by atoms with E-state index in [1.54, 1.807) is 16.4 Å². The Morgan fingerprint density at radius 2 is 2.50 bits per heavy atom. The van der Waals surface area contributed by atoms with Gasteiger partial charge in [0.15, 0.2) is 0 Å². The smallest absolute Gasteiger partial charge is 0.240 e. The first-order valence-corrected chi connectivity index (χ1v) is 7.97. The summed E-state index contributed by atoms with van der Waals surface area (Å²) < 4.78 is 7.70. The Morgan fingerprint density at radius 3 is 3.15 bits per heavy atom. The van der Waals surface area contributed by atoms with Crippen LogP contribution in [0.3, 0.4) is 0 Å². The first-order valence-electron chi connectivity index (χ1n) is 6.81. The quantitative estimate of drug-likeness (QED) is 0.842. The van der Waals surface area contributed by atoms with Gasteiger partial charge in [0.1, 0.15) is 5.60 Å². The summed E-state index contributed by atoms with van der Waals surface area (Å²) in [5.74, 6) is 1.91. The molecule has 0 unspecified atom stereocenters. The van der Waals surface area contributed by atoms with E-state index in [4.69, 9.17) is 4.74 Å². The van der Waals surface area contributed by atoms with Crippen LogP contribution in [0.5, 0.6) is 0 Å². The van der Waals surface area contributed by atoms with Crippen LogP contribution in [0.1, 0.15) is 12.5 Å². The van der Waals surface area contributed by atoms with E-state index in [-0.39, 0.29) is 11.9 Å². The predicted molar refractivity (Wildman–Crippen MR) is 77.3 cm³/mol. The minimum atomic E-state index is -0.464. The lowest BCUT2D eigenvalue weighted by Gasteiger charge is -2.40. The SMILES string of the molecule is Cn1cc([C@]2(C)CN(C(=O)[C@@H]3CSCN3)CCO2)cn1. The number of carbonyl (C=O) groups excluding carboxylic acids is 1. The summed E-state index contributed by atoms with van der Waals surface area (Å²) in [4.78, 5) is 14.4. The fraction of sp³-hybridized carbons (Fsp3) is 0.692. The molecular weight excluding hydrogens is 276 g/mol. The maximum absolute atomic E-state index is 12.5. The zero-order valence-electron chi connectivity index (χ0n) is 11.8. The van der Waals surface area contributed by atoms with Crippen LogP contribution in [0.2, 0.25) is 0 Å². The second kappa shape index (κ2) is 5.38. The number of hydrogen-bond acceptors (Lipinski definition) is 5. The molecule has 0 bridgehead atoms. The van der Waals surface area contributed by atoms with Crippen LogP contribution in [0.25, 0.3) is 0 Å². The number of aryl methyl sites for hydroxylation is 1. The van der Waals surface area contributed by atoms with Gasteiger partial charge in [-0.25, -0.2) is 0 Å². The van der Waals surface area contributed by atoms with Crippen molar-refractivity contribution in [2.24, 2.45) is 7.05 Å². The summed E-state index contributed by atoms with van der Waals surface area (Å²) in [6, 6.07) is -0.0451. The number of hydrogen-bond donors (Lipinski definition) is 1. The van der Waals surface area contributed by atoms with Crippen LogP contribution >= 0.6 is 11.8 Å². The van der Waals surface area contributed by atoms with Crippen molar-refractivity contribution in [2.75, 3.05) is 31.3 Å². The molecule has 0 saturated carbocycles. The van der Waals surface area contributed by atoms with Crippen molar-refractivity contribution in [1.29, 1.82) is 0 Å². The predicted octanol–water partition coefficient (Wildman–Crippen LogP) is 0.157. The van der Waals surface area contributed by atoms with Gasteiger partial charge in [0.2, 0.25) is 5.91 Å². The molecule has 7 heteroatoms. The van der Waals surface area contributed by atoms with Crippen molar-refractivity contribution in [2.45, 2.75) is 18.6 Å². The Bertz CT molecular complexity index is 500. The number of amides is 1. The molecular formula is C13H20N4O2S. The number of ether oxygens (including phenoxy) is 1. The molecule has 1 N–H and O–H groups in total. The molecule has 2 saturated heterocycles. The van der Waals surface area contributed by atoms with Crippen molar-refractivity contribution in [3.05, 3.63) is 18.0 Å². The van der Waals surface area contributed by atoms with Crippen molar-refractivity contribution < 1.29 is 9.53 Å². The summed E-state index contributed by atoms with van der Waals surface area (Å²) in [5, 5.41) is 7.44. The standard InChI is InChI=1S/C13H20N4O2S/c1-13(10-5-15-16(2)6-10)8-17(3-4-19-13)12(18)11-7-20-9-14-11/h5-6,11,14H,3-4,7-9H2,1-2H3/t11-,13-/m0/s1. The summed E-state index contributed by atoms with van der Waals surface area (Å²) in [5.41, 5.74) is 0.555. The lowest BCUT2D eigenvalue weighted by Crippen LogP contribution is -2.54. The van der Waals surface area contributed by atoms with Gasteiger partial charge < -0.3 is 9.64 Å². The Labute approximate surface area is 122 Å². The lowest BCUT2D eigenvalue weighted by atomic mass is 9.96. The van der Waals surface area contributed by atoms with Gasteiger partial charge in [-0.2, -0.15) is 5.10 Å². The minimum absolute atomic E-state index is 0.0451. The molecule has 0 spiro atoms. The number of rotatable bonds is 2. The minimum Gasteiger partial charge on any atom is -0.367 e.